The number of alkyl carbamates (subject to hydrolysis) is 1. The molecular weight excluding hydrogens is 653 g/mol. The number of nitrogens with one attached hydrogen (secondary N) is 1. The molecule has 206 valence electrons. The largest absolute Gasteiger partial charge is 1.00 e. The molecule has 0 atom stereocenters. The van der Waals surface area contributed by atoms with E-state index in [4.69, 9.17) is 9.47 Å². The van der Waals surface area contributed by atoms with E-state index in [2.05, 4.69) is 16.0 Å². The monoisotopic (exact) mass is 689 g/mol. The molecule has 0 bridgehead atoms. The maximum Gasteiger partial charge on any atom is 1.00 e. The molecule has 1 rings (SSSR count). The molecule has 1 aromatic rings. The Bertz CT molecular complexity index is 904. The second-order valence-corrected chi connectivity index (χ2v) is 8.26. The minimum atomic E-state index is -0.633. The van der Waals surface area contributed by atoms with Gasteiger partial charge in [0, 0.05) is 46.9 Å². The first-order valence-electron chi connectivity index (χ1n) is 12.3. The van der Waals surface area contributed by atoms with Crippen LogP contribution < -0.4 is 122 Å². The maximum absolute atomic E-state index is 12.0. The van der Waals surface area contributed by atoms with Gasteiger partial charge in [0.25, 0.3) is 0 Å². The second kappa shape index (κ2) is 26.9. The van der Waals surface area contributed by atoms with Gasteiger partial charge in [-0.05, 0) is 25.3 Å². The summed E-state index contributed by atoms with van der Waals surface area (Å²) in [6.45, 7) is 2.66. The molecule has 0 spiro atoms. The molecule has 39 heavy (non-hydrogen) atoms. The molecule has 0 aliphatic carbocycles. The van der Waals surface area contributed by atoms with E-state index in [0.29, 0.717) is 37.2 Å². The number of ketones is 2. The van der Waals surface area contributed by atoms with Crippen LogP contribution in [0.2, 0.25) is 0 Å². The molecule has 0 radical (unpaired) electrons. The van der Waals surface area contributed by atoms with Gasteiger partial charge >= 0.3 is 122 Å². The predicted octanol–water partition coefficient (Wildman–Crippen LogP) is -2.25. The van der Waals surface area contributed by atoms with Crippen LogP contribution in [0.25, 0.3) is 10.6 Å². The van der Waals surface area contributed by atoms with Gasteiger partial charge in [0.1, 0.15) is 17.9 Å². The second-order valence-electron chi connectivity index (χ2n) is 8.26. The third kappa shape index (κ3) is 24.3. The zero-order valence-electron chi connectivity index (χ0n) is 23.2. The third-order valence-corrected chi connectivity index (χ3v) is 4.80. The molecule has 1 aromatic carbocycles. The fourth-order valence-corrected chi connectivity index (χ4v) is 3.06. The van der Waals surface area contributed by atoms with E-state index in [9.17, 15) is 28.8 Å². The summed E-state index contributed by atoms with van der Waals surface area (Å²) in [5.41, 5.74) is 1.06. The number of Topliss-reactive ketones (excluding diaryl/α,β-unsaturated/α-hetero) is 2. The number of hydrogen-bond donors (Lipinski definition) is 1. The van der Waals surface area contributed by atoms with Gasteiger partial charge in [-0.3, -0.25) is 9.59 Å². The van der Waals surface area contributed by atoms with Gasteiger partial charge in [0.05, 0.1) is 24.8 Å². The van der Waals surface area contributed by atoms with E-state index in [1.807, 2.05) is 0 Å². The number of amides is 3. The average molecular weight is 691 g/mol. The summed E-state index contributed by atoms with van der Waals surface area (Å²) in [6.07, 6.45) is 3.42. The van der Waals surface area contributed by atoms with Crippen LogP contribution in [0.5, 0.6) is 0 Å². The van der Waals surface area contributed by atoms with Gasteiger partial charge < -0.3 is 39.8 Å². The van der Waals surface area contributed by atoms with Crippen LogP contribution in [0.3, 0.4) is 0 Å². The van der Waals surface area contributed by atoms with E-state index >= 15 is 0 Å². The Kier molecular flexibility index (Phi) is 28.4. The van der Waals surface area contributed by atoms with Gasteiger partial charge in [-0.1, -0.05) is 30.7 Å². The molecule has 0 saturated heterocycles. The maximum atomic E-state index is 12.0. The number of carbonyl (C=O) groups is 6. The van der Waals surface area contributed by atoms with Crippen molar-refractivity contribution in [2.75, 3.05) is 32.9 Å². The van der Waals surface area contributed by atoms with Crippen molar-refractivity contribution in [2.45, 2.75) is 58.3 Å². The molecule has 0 unspecified atom stereocenters. The first kappa shape index (κ1) is 41.1. The van der Waals surface area contributed by atoms with Gasteiger partial charge in [0.2, 0.25) is 0 Å². The van der Waals surface area contributed by atoms with Crippen molar-refractivity contribution >= 4 is 41.4 Å². The fraction of sp³-hybridized carbons (Fsp3) is 0.538. The zero-order valence-corrected chi connectivity index (χ0v) is 33.1. The molecule has 3 amide bonds. The molecule has 0 aliphatic heterocycles. The van der Waals surface area contributed by atoms with Gasteiger partial charge in [0.15, 0.2) is 0 Å². The number of hydrogen-bond acceptors (Lipinski definition) is 8. The topological polar surface area (TPSA) is 161 Å². The number of rotatable bonds is 20. The summed E-state index contributed by atoms with van der Waals surface area (Å²) in [6, 6.07) is 6.42. The third-order valence-electron chi connectivity index (χ3n) is 4.80. The van der Waals surface area contributed by atoms with Crippen molar-refractivity contribution in [3.05, 3.63) is 40.5 Å². The summed E-state index contributed by atoms with van der Waals surface area (Å²) in [5, 5.41) is 10.2. The quantitative estimate of drug-likeness (QED) is 0.0913. The predicted molar refractivity (Wildman–Crippen MR) is 138 cm³/mol. The minimum Gasteiger partial charge on any atom is -0.651 e. The number of benzene rings is 1. The molecule has 0 saturated carbocycles. The average Bonchev–Trinajstić information content (AvgIpc) is 2.83. The zero-order chi connectivity index (χ0) is 27.3. The number of aldehydes is 1. The Morgan fingerprint density at radius 1 is 0.897 bits per heavy atom. The van der Waals surface area contributed by atoms with E-state index in [1.54, 1.807) is 24.3 Å². The summed E-state index contributed by atoms with van der Waals surface area (Å²) in [4.78, 5) is 68.1. The van der Waals surface area contributed by atoms with Crippen LogP contribution in [0, 0.1) is 0 Å². The molecule has 0 fully saturated rings. The number of ether oxygens (including phenoxy) is 2. The van der Waals surface area contributed by atoms with Crippen molar-refractivity contribution in [1.82, 2.24) is 5.32 Å². The fourth-order valence-electron chi connectivity index (χ4n) is 3.06. The summed E-state index contributed by atoms with van der Waals surface area (Å²) >= 11 is 0. The molecule has 0 heterocycles. The molecule has 11 nitrogen and oxygen atoms in total. The van der Waals surface area contributed by atoms with E-state index in [-0.39, 0.29) is 162 Å². The number of carbonyl (C=O) groups excluding carboxylic acids is 6. The van der Waals surface area contributed by atoms with Crippen LogP contribution >= 0.6 is 0 Å². The molecule has 0 aliphatic rings. The van der Waals surface area contributed by atoms with Gasteiger partial charge in [-0.2, -0.15) is 0 Å². The Hall–Kier alpha value is 0.0104. The first-order chi connectivity index (χ1) is 17.8. The van der Waals surface area contributed by atoms with E-state index < -0.39 is 24.3 Å². The SMILES string of the molecule is CC(=O)CC(=O)Cc1ccc([N-]C(=O)CC(=O)[N-]CCOCCCOC(=O)NCCCCCC=O)cc1.[HH].[Rb+].[Rb+]. The Morgan fingerprint density at radius 3 is 2.28 bits per heavy atom. The minimum absolute atomic E-state index is 0. The summed E-state index contributed by atoms with van der Waals surface area (Å²) in [5.74, 6) is -1.61. The van der Waals surface area contributed by atoms with Crippen molar-refractivity contribution in [3.8, 4) is 0 Å². The van der Waals surface area contributed by atoms with Crippen LogP contribution in [0.4, 0.5) is 10.5 Å². The summed E-state index contributed by atoms with van der Waals surface area (Å²) < 4.78 is 10.3. The van der Waals surface area contributed by atoms with Crippen LogP contribution in [-0.2, 0) is 39.9 Å². The smallest absolute Gasteiger partial charge is 0.651 e. The van der Waals surface area contributed by atoms with Crippen molar-refractivity contribution < 1.29 is 156 Å². The molecule has 0 aromatic heterocycles. The van der Waals surface area contributed by atoms with Crippen molar-refractivity contribution in [1.29, 1.82) is 0 Å². The van der Waals surface area contributed by atoms with Crippen LogP contribution in [0.15, 0.2) is 24.3 Å². The van der Waals surface area contributed by atoms with Crippen molar-refractivity contribution in [3.63, 3.8) is 0 Å². The number of unbranched alkanes of at least 4 members (excludes halogenated alkanes) is 3. The van der Waals surface area contributed by atoms with Gasteiger partial charge in [-0.15, -0.1) is 12.2 Å². The molecule has 1 N–H and O–H groups in total. The summed E-state index contributed by atoms with van der Waals surface area (Å²) in [7, 11) is 0. The van der Waals surface area contributed by atoms with Crippen molar-refractivity contribution in [2.24, 2.45) is 0 Å². The van der Waals surface area contributed by atoms with Crippen LogP contribution in [0.1, 0.15) is 58.9 Å². The Balaban J connectivity index is -0.00000456. The first-order valence-corrected chi connectivity index (χ1v) is 12.3. The molecular formula is C26H37N3O8Rb2. The van der Waals surface area contributed by atoms with Crippen LogP contribution in [-0.4, -0.2) is 68.7 Å². The van der Waals surface area contributed by atoms with E-state index in [1.165, 1.54) is 6.92 Å². The molecule has 13 heteroatoms. The van der Waals surface area contributed by atoms with Gasteiger partial charge in [-0.25, -0.2) is 4.79 Å². The Morgan fingerprint density at radius 2 is 1.62 bits per heavy atom. The Labute approximate surface area is 329 Å². The standard InChI is InChI=1S/C26H37N3O8.2Rb.H2/c1-20(31)17-23(32)18-21-7-9-22(10-8-21)29-25(34)19-24(33)27-12-16-36-14-6-15-37-26(35)28-11-4-2-3-5-13-30;;;/h7-10,13H,2-6,11-12,14-19H2,1H3,(H3,27,28,29,33,34,35);;;1H/q;2*+1;/p-2. The number of nitrogens with zero attached hydrogens (tertiary/aromatic N) is 2. The normalized spacial score (nSPS) is 9.77. The van der Waals surface area contributed by atoms with E-state index in [0.717, 1.165) is 25.5 Å².